The Labute approximate surface area is 122 Å². The van der Waals surface area contributed by atoms with Crippen molar-refractivity contribution in [2.75, 3.05) is 20.8 Å². The molecule has 0 saturated carbocycles. The van der Waals surface area contributed by atoms with Crippen LogP contribution in [-0.4, -0.2) is 44.3 Å². The summed E-state index contributed by atoms with van der Waals surface area (Å²) in [4.78, 5) is 11.2. The van der Waals surface area contributed by atoms with Crippen LogP contribution in [0.3, 0.4) is 0 Å². The molecule has 0 saturated heterocycles. The van der Waals surface area contributed by atoms with Gasteiger partial charge in [0.2, 0.25) is 0 Å². The van der Waals surface area contributed by atoms with Crippen LogP contribution in [-0.2, 0) is 23.7 Å². The molecule has 0 aromatic carbocycles. The van der Waals surface area contributed by atoms with Crippen LogP contribution in [0.4, 0.5) is 0 Å². The zero-order chi connectivity index (χ0) is 15.8. The molecule has 20 heavy (non-hydrogen) atoms. The van der Waals surface area contributed by atoms with Crippen molar-refractivity contribution in [1.29, 1.82) is 0 Å². The highest BCUT2D eigenvalue weighted by atomic mass is 16.7. The van der Waals surface area contributed by atoms with Gasteiger partial charge in [0.05, 0.1) is 31.8 Å². The van der Waals surface area contributed by atoms with E-state index in [1.165, 1.54) is 7.11 Å². The Hall–Kier alpha value is -0.650. The van der Waals surface area contributed by atoms with Gasteiger partial charge in [-0.3, -0.25) is 4.79 Å². The highest BCUT2D eigenvalue weighted by Crippen LogP contribution is 2.21. The molecule has 0 N–H and O–H groups in total. The molecule has 120 valence electrons. The van der Waals surface area contributed by atoms with Crippen LogP contribution in [0.15, 0.2) is 0 Å². The summed E-state index contributed by atoms with van der Waals surface area (Å²) in [7, 11) is 3.01. The molecule has 0 fully saturated rings. The van der Waals surface area contributed by atoms with Crippen molar-refractivity contribution in [3.05, 3.63) is 0 Å². The Bertz CT molecular complexity index is 286. The monoisotopic (exact) mass is 290 g/mol. The van der Waals surface area contributed by atoms with Crippen LogP contribution in [0.25, 0.3) is 0 Å². The van der Waals surface area contributed by atoms with E-state index in [1.54, 1.807) is 7.11 Å². The number of carbonyl (C=O) groups is 1. The zero-order valence-electron chi connectivity index (χ0n) is 13.9. The first kappa shape index (κ1) is 19.4. The lowest BCUT2D eigenvalue weighted by Gasteiger charge is -2.30. The summed E-state index contributed by atoms with van der Waals surface area (Å²) in [6, 6.07) is 0. The van der Waals surface area contributed by atoms with E-state index in [9.17, 15) is 4.79 Å². The summed E-state index contributed by atoms with van der Waals surface area (Å²) < 4.78 is 21.3. The molecule has 0 spiro atoms. The summed E-state index contributed by atoms with van der Waals surface area (Å²) in [5.74, 6) is -0.804. The third kappa shape index (κ3) is 9.28. The van der Waals surface area contributed by atoms with E-state index >= 15 is 0 Å². The Balaban J connectivity index is 3.98. The van der Waals surface area contributed by atoms with Crippen molar-refractivity contribution in [3.8, 4) is 0 Å². The van der Waals surface area contributed by atoms with Gasteiger partial charge in [0.15, 0.2) is 5.79 Å². The van der Waals surface area contributed by atoms with Gasteiger partial charge in [-0.15, -0.1) is 0 Å². The summed E-state index contributed by atoms with van der Waals surface area (Å²) in [6.45, 7) is 10.3. The fraction of sp³-hybridized carbons (Fsp3) is 0.933. The predicted molar refractivity (Wildman–Crippen MR) is 77.5 cm³/mol. The molecule has 0 bridgehead atoms. The van der Waals surface area contributed by atoms with E-state index in [2.05, 4.69) is 4.74 Å². The van der Waals surface area contributed by atoms with E-state index in [4.69, 9.17) is 14.2 Å². The molecule has 0 amide bonds. The molecule has 0 aromatic heterocycles. The highest BCUT2D eigenvalue weighted by Gasteiger charge is 2.23. The number of methoxy groups -OCH3 is 2. The summed E-state index contributed by atoms with van der Waals surface area (Å²) in [6.07, 6.45) is 1.82. The van der Waals surface area contributed by atoms with E-state index in [0.717, 1.165) is 12.8 Å². The van der Waals surface area contributed by atoms with Crippen LogP contribution in [0.2, 0.25) is 0 Å². The van der Waals surface area contributed by atoms with Crippen LogP contribution >= 0.6 is 0 Å². The quantitative estimate of drug-likeness (QED) is 0.352. The van der Waals surface area contributed by atoms with Crippen molar-refractivity contribution >= 4 is 5.97 Å². The Kier molecular flexibility index (Phi) is 8.32. The maximum Gasteiger partial charge on any atom is 0.308 e. The van der Waals surface area contributed by atoms with Crippen molar-refractivity contribution < 1.29 is 23.7 Å². The van der Waals surface area contributed by atoms with Gasteiger partial charge in [-0.25, -0.2) is 0 Å². The zero-order valence-corrected chi connectivity index (χ0v) is 13.9. The first-order valence-electron chi connectivity index (χ1n) is 7.05. The average Bonchev–Trinajstić information content (AvgIpc) is 2.33. The number of hydrogen-bond acceptors (Lipinski definition) is 5. The SMILES string of the molecule is COC(=O)C[C@H](C)OC(C)(C)CCCOC(C)(C)OC. The van der Waals surface area contributed by atoms with Gasteiger partial charge in [-0.2, -0.15) is 0 Å². The second-order valence-electron chi connectivity index (χ2n) is 6.02. The molecule has 0 aliphatic heterocycles. The fourth-order valence-corrected chi connectivity index (χ4v) is 1.84. The summed E-state index contributed by atoms with van der Waals surface area (Å²) in [5.41, 5.74) is -0.298. The Morgan fingerprint density at radius 2 is 1.75 bits per heavy atom. The molecule has 0 radical (unpaired) electrons. The molecule has 5 heteroatoms. The minimum atomic E-state index is -0.552. The second kappa shape index (κ2) is 8.60. The van der Waals surface area contributed by atoms with Gasteiger partial charge < -0.3 is 18.9 Å². The molecule has 5 nitrogen and oxygen atoms in total. The molecule has 0 heterocycles. The van der Waals surface area contributed by atoms with E-state index in [0.29, 0.717) is 6.61 Å². The third-order valence-corrected chi connectivity index (χ3v) is 3.07. The fourth-order valence-electron chi connectivity index (χ4n) is 1.84. The first-order chi connectivity index (χ1) is 9.12. The first-order valence-corrected chi connectivity index (χ1v) is 7.05. The molecule has 0 aliphatic carbocycles. The highest BCUT2D eigenvalue weighted by molar-refractivity contribution is 5.69. The van der Waals surface area contributed by atoms with Gasteiger partial charge in [0.1, 0.15) is 0 Å². The van der Waals surface area contributed by atoms with E-state index in [1.807, 2.05) is 34.6 Å². The Morgan fingerprint density at radius 1 is 1.15 bits per heavy atom. The number of carbonyl (C=O) groups excluding carboxylic acids is 1. The third-order valence-electron chi connectivity index (χ3n) is 3.07. The Morgan fingerprint density at radius 3 is 2.25 bits per heavy atom. The molecule has 1 atom stereocenters. The van der Waals surface area contributed by atoms with Gasteiger partial charge >= 0.3 is 5.97 Å². The van der Waals surface area contributed by atoms with Crippen molar-refractivity contribution in [3.63, 3.8) is 0 Å². The van der Waals surface area contributed by atoms with Crippen LogP contribution in [0.1, 0.15) is 53.9 Å². The second-order valence-corrected chi connectivity index (χ2v) is 6.02. The van der Waals surface area contributed by atoms with Crippen molar-refractivity contribution in [2.24, 2.45) is 0 Å². The number of rotatable bonds is 10. The number of hydrogen-bond donors (Lipinski definition) is 0. The lowest BCUT2D eigenvalue weighted by Crippen LogP contribution is -2.32. The van der Waals surface area contributed by atoms with Gasteiger partial charge in [0.25, 0.3) is 0 Å². The smallest absolute Gasteiger partial charge is 0.308 e. The summed E-state index contributed by atoms with van der Waals surface area (Å²) in [5, 5.41) is 0. The molecular weight excluding hydrogens is 260 g/mol. The van der Waals surface area contributed by atoms with Crippen LogP contribution in [0, 0.1) is 0 Å². The van der Waals surface area contributed by atoms with Crippen LogP contribution < -0.4 is 0 Å². The maximum absolute atomic E-state index is 11.2. The molecule has 0 aromatic rings. The predicted octanol–water partition coefficient (Wildman–Crippen LogP) is 2.91. The molecule has 0 aliphatic rings. The topological polar surface area (TPSA) is 54.0 Å². The largest absolute Gasteiger partial charge is 0.469 e. The average molecular weight is 290 g/mol. The van der Waals surface area contributed by atoms with Crippen molar-refractivity contribution in [2.45, 2.75) is 71.4 Å². The molecular formula is C15H30O5. The lowest BCUT2D eigenvalue weighted by molar-refractivity contribution is -0.199. The standard InChI is InChI=1S/C15H30O5/c1-12(11-13(16)17-6)20-14(2,3)9-8-10-19-15(4,5)18-7/h12H,8-11H2,1-7H3/t12-/m0/s1. The number of ether oxygens (including phenoxy) is 4. The normalized spacial score (nSPS) is 14.2. The van der Waals surface area contributed by atoms with Gasteiger partial charge in [0, 0.05) is 7.11 Å². The minimum Gasteiger partial charge on any atom is -0.469 e. The minimum absolute atomic E-state index is 0.159. The van der Waals surface area contributed by atoms with Crippen molar-refractivity contribution in [1.82, 2.24) is 0 Å². The summed E-state index contributed by atoms with van der Waals surface area (Å²) >= 11 is 0. The molecule has 0 rings (SSSR count). The van der Waals surface area contributed by atoms with Crippen LogP contribution in [0.5, 0.6) is 0 Å². The lowest BCUT2D eigenvalue weighted by atomic mass is 10.0. The van der Waals surface area contributed by atoms with Gasteiger partial charge in [-0.1, -0.05) is 0 Å². The maximum atomic E-state index is 11.2. The number of esters is 1. The van der Waals surface area contributed by atoms with E-state index < -0.39 is 5.79 Å². The molecule has 0 unspecified atom stereocenters. The van der Waals surface area contributed by atoms with E-state index in [-0.39, 0.29) is 24.1 Å². The van der Waals surface area contributed by atoms with Gasteiger partial charge in [-0.05, 0) is 47.5 Å².